The van der Waals surface area contributed by atoms with Crippen molar-refractivity contribution in [1.82, 2.24) is 0 Å². The summed E-state index contributed by atoms with van der Waals surface area (Å²) < 4.78 is 40.6. The molecule has 0 aliphatic heterocycles. The lowest BCUT2D eigenvalue weighted by atomic mass is 10.3. The smallest absolute Gasteiger partial charge is 0.298 e. The molecule has 1 aromatic carbocycles. The quantitative estimate of drug-likeness (QED) is 0.474. The topological polar surface area (TPSA) is 125 Å². The Morgan fingerprint density at radius 2 is 1.81 bits per heavy atom. The summed E-state index contributed by atoms with van der Waals surface area (Å²) in [6.45, 7) is -0.290. The van der Waals surface area contributed by atoms with Gasteiger partial charge < -0.3 is 9.47 Å². The van der Waals surface area contributed by atoms with E-state index in [1.807, 2.05) is 0 Å². The van der Waals surface area contributed by atoms with E-state index in [0.29, 0.717) is 5.75 Å². The van der Waals surface area contributed by atoms with Crippen LogP contribution in [0.25, 0.3) is 0 Å². The third-order valence-electron chi connectivity index (χ3n) is 1.68. The first-order chi connectivity index (χ1) is 7.49. The van der Waals surface area contributed by atoms with Crippen molar-refractivity contribution in [1.29, 1.82) is 0 Å². The van der Waals surface area contributed by atoms with Crippen molar-refractivity contribution < 1.29 is 22.4 Å². The summed E-state index contributed by atoms with van der Waals surface area (Å²) in [6, 6.07) is 3.77. The van der Waals surface area contributed by atoms with Gasteiger partial charge in [-0.2, -0.15) is 8.42 Å². The van der Waals surface area contributed by atoms with Crippen molar-refractivity contribution in [2.75, 3.05) is 13.5 Å². The number of nitrogens with two attached hydrogens (primary N) is 2. The molecular weight excluding hydrogens is 236 g/mol. The number of hydrogen-bond donors (Lipinski definition) is 3. The summed E-state index contributed by atoms with van der Waals surface area (Å²) in [6.07, 6.45) is 0. The minimum atomic E-state index is -4.35. The molecule has 0 heterocycles. The van der Waals surface area contributed by atoms with Crippen LogP contribution in [0.4, 0.5) is 0 Å². The van der Waals surface area contributed by atoms with Gasteiger partial charge in [-0.05, 0) is 12.1 Å². The average Bonchev–Trinajstić information content (AvgIpc) is 2.17. The third kappa shape index (κ3) is 3.07. The highest BCUT2D eigenvalue weighted by molar-refractivity contribution is 7.86. The molecular formula is C8H12N2O5S. The molecule has 16 heavy (non-hydrogen) atoms. The Bertz CT molecular complexity index is 459. The molecule has 0 saturated heterocycles. The van der Waals surface area contributed by atoms with E-state index in [9.17, 15) is 8.42 Å². The van der Waals surface area contributed by atoms with Crippen LogP contribution in [0.2, 0.25) is 0 Å². The van der Waals surface area contributed by atoms with Crippen LogP contribution < -0.4 is 20.9 Å². The van der Waals surface area contributed by atoms with E-state index < -0.39 is 10.1 Å². The summed E-state index contributed by atoms with van der Waals surface area (Å²) >= 11 is 0. The number of benzene rings is 1. The molecule has 0 fully saturated rings. The largest absolute Gasteiger partial charge is 0.478 e. The lowest BCUT2D eigenvalue weighted by Crippen LogP contribution is -2.12. The zero-order chi connectivity index (χ0) is 12.2. The fourth-order valence-corrected chi connectivity index (χ4v) is 1.70. The van der Waals surface area contributed by atoms with Crippen LogP contribution in [0.5, 0.6) is 11.5 Å². The van der Waals surface area contributed by atoms with Gasteiger partial charge in [0.1, 0.15) is 29.9 Å². The Balaban J connectivity index is 3.19. The number of rotatable bonds is 5. The van der Waals surface area contributed by atoms with Crippen molar-refractivity contribution in [2.24, 2.45) is 11.5 Å². The predicted molar refractivity (Wildman–Crippen MR) is 55.6 cm³/mol. The molecule has 0 atom stereocenters. The molecule has 0 saturated carbocycles. The summed E-state index contributed by atoms with van der Waals surface area (Å²) in [5.41, 5.74) is 10.3. The van der Waals surface area contributed by atoms with Crippen LogP contribution in [0.1, 0.15) is 0 Å². The first-order valence-electron chi connectivity index (χ1n) is 4.26. The number of hydrogen-bond acceptors (Lipinski definition) is 6. The highest BCUT2D eigenvalue weighted by Crippen LogP contribution is 2.28. The molecule has 1 rings (SSSR count). The minimum absolute atomic E-state index is 0.0622. The van der Waals surface area contributed by atoms with Gasteiger partial charge >= 0.3 is 0 Å². The maximum absolute atomic E-state index is 11.0. The normalized spacial score (nSPS) is 11.2. The highest BCUT2D eigenvalue weighted by atomic mass is 32.2. The summed E-state index contributed by atoms with van der Waals surface area (Å²) in [7, 11) is -4.35. The fourth-order valence-electron chi connectivity index (χ4n) is 1.09. The summed E-state index contributed by atoms with van der Waals surface area (Å²) in [5, 5.41) is 0. The Hall–Kier alpha value is -1.35. The van der Waals surface area contributed by atoms with Gasteiger partial charge in [0.15, 0.2) is 0 Å². The highest BCUT2D eigenvalue weighted by Gasteiger charge is 2.17. The third-order valence-corrected chi connectivity index (χ3v) is 2.58. The molecule has 0 bridgehead atoms. The molecule has 0 spiro atoms. The van der Waals surface area contributed by atoms with Gasteiger partial charge in [-0.15, -0.1) is 0 Å². The van der Waals surface area contributed by atoms with E-state index in [-0.39, 0.29) is 24.1 Å². The van der Waals surface area contributed by atoms with Crippen LogP contribution in [0.3, 0.4) is 0 Å². The predicted octanol–water partition coefficient (Wildman–Crippen LogP) is -0.477. The van der Waals surface area contributed by atoms with E-state index in [2.05, 4.69) is 0 Å². The molecule has 90 valence electrons. The van der Waals surface area contributed by atoms with Gasteiger partial charge in [0.2, 0.25) is 0 Å². The number of ether oxygens (including phenoxy) is 2. The molecule has 0 aromatic heterocycles. The Labute approximate surface area is 92.7 Å². The molecule has 0 unspecified atom stereocenters. The summed E-state index contributed by atoms with van der Waals surface area (Å²) in [5.74, 6) is 0.231. The van der Waals surface area contributed by atoms with Crippen molar-refractivity contribution >= 4 is 10.1 Å². The van der Waals surface area contributed by atoms with Gasteiger partial charge in [0, 0.05) is 6.07 Å². The molecule has 1 aromatic rings. The Morgan fingerprint density at radius 3 is 2.31 bits per heavy atom. The molecule has 7 nitrogen and oxygen atoms in total. The van der Waals surface area contributed by atoms with Crippen molar-refractivity contribution in [3.8, 4) is 11.5 Å². The lowest BCUT2D eigenvalue weighted by Gasteiger charge is -2.10. The van der Waals surface area contributed by atoms with Gasteiger partial charge in [0.25, 0.3) is 10.1 Å². The second-order valence-electron chi connectivity index (χ2n) is 2.71. The van der Waals surface area contributed by atoms with E-state index in [1.165, 1.54) is 12.1 Å². The molecule has 0 radical (unpaired) electrons. The minimum Gasteiger partial charge on any atom is -0.478 e. The molecule has 5 N–H and O–H groups in total. The Kier molecular flexibility index (Phi) is 4.07. The van der Waals surface area contributed by atoms with Gasteiger partial charge in [-0.1, -0.05) is 0 Å². The SMILES string of the molecule is NCOc1ccc(S(=O)(=O)O)c(OCN)c1. The Morgan fingerprint density at radius 1 is 1.19 bits per heavy atom. The maximum Gasteiger partial charge on any atom is 0.298 e. The fraction of sp³-hybridized carbons (Fsp3) is 0.250. The zero-order valence-corrected chi connectivity index (χ0v) is 9.11. The van der Waals surface area contributed by atoms with Crippen LogP contribution in [0.15, 0.2) is 23.1 Å². The molecule has 8 heteroatoms. The van der Waals surface area contributed by atoms with Crippen LogP contribution in [0, 0.1) is 0 Å². The van der Waals surface area contributed by atoms with Crippen molar-refractivity contribution in [3.63, 3.8) is 0 Å². The molecule has 0 aliphatic carbocycles. The van der Waals surface area contributed by atoms with Crippen LogP contribution >= 0.6 is 0 Å². The van der Waals surface area contributed by atoms with Gasteiger partial charge in [-0.3, -0.25) is 16.0 Å². The second kappa shape index (κ2) is 5.12. The molecule has 0 aliphatic rings. The molecule has 0 amide bonds. The maximum atomic E-state index is 11.0. The van der Waals surface area contributed by atoms with Gasteiger partial charge in [-0.25, -0.2) is 0 Å². The van der Waals surface area contributed by atoms with E-state index in [0.717, 1.165) is 6.07 Å². The van der Waals surface area contributed by atoms with Crippen molar-refractivity contribution in [3.05, 3.63) is 18.2 Å². The lowest BCUT2D eigenvalue weighted by molar-refractivity contribution is 0.306. The van der Waals surface area contributed by atoms with E-state index in [4.69, 9.17) is 25.5 Å². The van der Waals surface area contributed by atoms with Crippen LogP contribution in [-0.4, -0.2) is 26.4 Å². The first-order valence-corrected chi connectivity index (χ1v) is 5.70. The van der Waals surface area contributed by atoms with Crippen molar-refractivity contribution in [2.45, 2.75) is 4.90 Å². The second-order valence-corrected chi connectivity index (χ2v) is 4.10. The monoisotopic (exact) mass is 248 g/mol. The van der Waals surface area contributed by atoms with E-state index in [1.54, 1.807) is 0 Å². The summed E-state index contributed by atoms with van der Waals surface area (Å²) in [4.78, 5) is -0.373. The zero-order valence-electron chi connectivity index (χ0n) is 8.29. The van der Waals surface area contributed by atoms with Crippen LogP contribution in [-0.2, 0) is 10.1 Å². The van der Waals surface area contributed by atoms with Gasteiger partial charge in [0.05, 0.1) is 0 Å². The van der Waals surface area contributed by atoms with E-state index >= 15 is 0 Å². The average molecular weight is 248 g/mol. The first kappa shape index (κ1) is 12.7. The standard InChI is InChI=1S/C8H12N2O5S/c9-4-14-6-1-2-8(16(11,12)13)7(3-6)15-5-10/h1-3H,4-5,9-10H2,(H,11,12,13).